The molecule has 1 aliphatic carbocycles. The summed E-state index contributed by atoms with van der Waals surface area (Å²) in [5, 5.41) is 7.87. The second-order valence-electron chi connectivity index (χ2n) is 5.49. The molecule has 1 aliphatic heterocycles. The first-order chi connectivity index (χ1) is 10.1. The van der Waals surface area contributed by atoms with E-state index in [1.54, 1.807) is 0 Å². The van der Waals surface area contributed by atoms with E-state index in [2.05, 4.69) is 26.3 Å². The lowest BCUT2D eigenvalue weighted by Gasteiger charge is -2.29. The van der Waals surface area contributed by atoms with E-state index in [9.17, 15) is 9.59 Å². The van der Waals surface area contributed by atoms with Crippen LogP contribution in [0.15, 0.2) is 33.8 Å². The number of halogens is 1. The largest absolute Gasteiger partial charge is 0.346 e. The Morgan fingerprint density at radius 2 is 2.00 bits per heavy atom. The van der Waals surface area contributed by atoms with Gasteiger partial charge in [0.25, 0.3) is 5.91 Å². The fraction of sp³-hybridized carbons (Fsp3) is 0.400. The number of benzene rings is 1. The summed E-state index contributed by atoms with van der Waals surface area (Å²) >= 11 is 3.38. The average molecular weight is 350 g/mol. The summed E-state index contributed by atoms with van der Waals surface area (Å²) in [5.41, 5.74) is 0.110. The summed E-state index contributed by atoms with van der Waals surface area (Å²) in [6.45, 7) is 0. The zero-order valence-electron chi connectivity index (χ0n) is 11.5. The summed E-state index contributed by atoms with van der Waals surface area (Å²) in [4.78, 5) is 24.5. The number of amides is 3. The zero-order chi connectivity index (χ0) is 14.9. The molecule has 2 fully saturated rings. The Morgan fingerprint density at radius 3 is 2.71 bits per heavy atom. The zero-order valence-corrected chi connectivity index (χ0v) is 13.1. The Kier molecular flexibility index (Phi) is 3.80. The van der Waals surface area contributed by atoms with Crippen molar-refractivity contribution in [1.82, 2.24) is 10.3 Å². The van der Waals surface area contributed by atoms with Gasteiger partial charge in [-0.15, -0.1) is 5.01 Å². The predicted octanol–water partition coefficient (Wildman–Crippen LogP) is 3.04. The molecule has 3 rings (SSSR count). The molecule has 21 heavy (non-hydrogen) atoms. The third-order valence-corrected chi connectivity index (χ3v) is 4.51. The number of nitrogens with zero attached hydrogens (tertiary/aromatic N) is 2. The maximum Gasteiger partial charge on any atom is 0.346 e. The van der Waals surface area contributed by atoms with E-state index >= 15 is 0 Å². The Morgan fingerprint density at radius 1 is 1.24 bits per heavy atom. The van der Waals surface area contributed by atoms with Crippen LogP contribution in [0.3, 0.4) is 0 Å². The molecule has 1 N–H and O–H groups in total. The molecular formula is C15H16BrN3O2. The van der Waals surface area contributed by atoms with E-state index in [0.29, 0.717) is 12.8 Å². The third kappa shape index (κ3) is 2.72. The second-order valence-corrected chi connectivity index (χ2v) is 6.41. The molecule has 0 bridgehead atoms. The van der Waals surface area contributed by atoms with Crippen molar-refractivity contribution in [3.8, 4) is 0 Å². The maximum atomic E-state index is 12.5. The third-order valence-electron chi connectivity index (χ3n) is 4.02. The van der Waals surface area contributed by atoms with Gasteiger partial charge in [0, 0.05) is 4.47 Å². The van der Waals surface area contributed by atoms with Gasteiger partial charge in [0.15, 0.2) is 0 Å². The van der Waals surface area contributed by atoms with Crippen molar-refractivity contribution in [3.05, 3.63) is 34.3 Å². The second kappa shape index (κ2) is 5.60. The van der Waals surface area contributed by atoms with Crippen molar-refractivity contribution < 1.29 is 9.59 Å². The highest BCUT2D eigenvalue weighted by molar-refractivity contribution is 9.10. The van der Waals surface area contributed by atoms with Crippen molar-refractivity contribution in [1.29, 1.82) is 0 Å². The highest BCUT2D eigenvalue weighted by Gasteiger charge is 2.51. The monoisotopic (exact) mass is 349 g/mol. The van der Waals surface area contributed by atoms with Gasteiger partial charge >= 0.3 is 6.03 Å². The average Bonchev–Trinajstić information content (AvgIpc) is 2.69. The van der Waals surface area contributed by atoms with E-state index in [4.69, 9.17) is 0 Å². The molecule has 3 amide bonds. The minimum absolute atomic E-state index is 0.224. The minimum atomic E-state index is -0.718. The number of carbonyl (C=O) groups excluding carboxylic acids is 2. The lowest BCUT2D eigenvalue weighted by Crippen LogP contribution is -2.48. The molecule has 0 unspecified atom stereocenters. The Balaban J connectivity index is 1.79. The Labute approximate surface area is 131 Å². The van der Waals surface area contributed by atoms with Crippen LogP contribution >= 0.6 is 15.9 Å². The van der Waals surface area contributed by atoms with Crippen LogP contribution in [0.2, 0.25) is 0 Å². The van der Waals surface area contributed by atoms with Gasteiger partial charge in [-0.25, -0.2) is 4.79 Å². The number of imide groups is 1. The highest BCUT2D eigenvalue weighted by atomic mass is 79.9. The van der Waals surface area contributed by atoms with Crippen LogP contribution in [0.25, 0.3) is 0 Å². The summed E-state index contributed by atoms with van der Waals surface area (Å²) in [6, 6.07) is 7.09. The molecule has 0 atom stereocenters. The van der Waals surface area contributed by atoms with E-state index < -0.39 is 11.6 Å². The summed E-state index contributed by atoms with van der Waals surface area (Å²) < 4.78 is 0.924. The number of carbonyl (C=O) groups is 2. The predicted molar refractivity (Wildman–Crippen MR) is 82.9 cm³/mol. The van der Waals surface area contributed by atoms with Crippen LogP contribution in [-0.2, 0) is 4.79 Å². The molecule has 1 saturated heterocycles. The first kappa shape index (κ1) is 14.3. The molecule has 1 saturated carbocycles. The highest BCUT2D eigenvalue weighted by Crippen LogP contribution is 2.33. The molecule has 1 aromatic carbocycles. The standard InChI is InChI=1S/C15H16BrN3O2/c16-12-6-4-5-11(9-12)10-17-19-13(20)15(18-14(19)21)7-2-1-3-8-15/h4-6,9-10H,1-3,7-8H2,(H,18,21). The number of hydrazone groups is 1. The summed E-state index contributed by atoms with van der Waals surface area (Å²) in [6.07, 6.45) is 6.00. The number of nitrogens with one attached hydrogen (secondary N) is 1. The molecule has 6 heteroatoms. The van der Waals surface area contributed by atoms with E-state index in [1.165, 1.54) is 6.21 Å². The molecular weight excluding hydrogens is 334 g/mol. The topological polar surface area (TPSA) is 61.8 Å². The van der Waals surface area contributed by atoms with E-state index in [-0.39, 0.29) is 5.91 Å². The fourth-order valence-electron chi connectivity index (χ4n) is 2.92. The van der Waals surface area contributed by atoms with Crippen LogP contribution in [0.5, 0.6) is 0 Å². The van der Waals surface area contributed by atoms with Gasteiger partial charge in [0.2, 0.25) is 0 Å². The SMILES string of the molecule is O=C1NC2(CCCCC2)C(=O)N1N=Cc1cccc(Br)c1. The van der Waals surface area contributed by atoms with Crippen LogP contribution in [0.4, 0.5) is 4.79 Å². The van der Waals surface area contributed by atoms with Crippen LogP contribution in [0, 0.1) is 0 Å². The number of hydrogen-bond acceptors (Lipinski definition) is 3. The Hall–Kier alpha value is -1.69. The fourth-order valence-corrected chi connectivity index (χ4v) is 3.33. The van der Waals surface area contributed by atoms with Gasteiger partial charge < -0.3 is 5.32 Å². The molecule has 110 valence electrons. The van der Waals surface area contributed by atoms with Crippen LogP contribution in [-0.4, -0.2) is 28.7 Å². The normalized spacial score (nSPS) is 21.3. The minimum Gasteiger partial charge on any atom is -0.321 e. The molecule has 1 spiro atoms. The van der Waals surface area contributed by atoms with Gasteiger partial charge in [0.05, 0.1) is 6.21 Å². The molecule has 5 nitrogen and oxygen atoms in total. The van der Waals surface area contributed by atoms with E-state index in [0.717, 1.165) is 34.3 Å². The molecule has 1 aromatic rings. The molecule has 2 aliphatic rings. The molecule has 1 heterocycles. The quantitative estimate of drug-likeness (QED) is 0.658. The Bertz CT molecular complexity index is 609. The van der Waals surface area contributed by atoms with Crippen molar-refractivity contribution >= 4 is 34.1 Å². The number of hydrogen-bond donors (Lipinski definition) is 1. The summed E-state index contributed by atoms with van der Waals surface area (Å²) in [5.74, 6) is -0.224. The van der Waals surface area contributed by atoms with Gasteiger partial charge in [0.1, 0.15) is 5.54 Å². The first-order valence-electron chi connectivity index (χ1n) is 7.07. The number of urea groups is 1. The molecule has 0 radical (unpaired) electrons. The van der Waals surface area contributed by atoms with Gasteiger partial charge in [-0.05, 0) is 30.5 Å². The van der Waals surface area contributed by atoms with Crippen LogP contribution < -0.4 is 5.32 Å². The van der Waals surface area contributed by atoms with Crippen molar-refractivity contribution in [2.75, 3.05) is 0 Å². The van der Waals surface area contributed by atoms with Gasteiger partial charge in [-0.1, -0.05) is 47.3 Å². The molecule has 0 aromatic heterocycles. The first-order valence-corrected chi connectivity index (χ1v) is 7.86. The van der Waals surface area contributed by atoms with E-state index in [1.807, 2.05) is 24.3 Å². The van der Waals surface area contributed by atoms with Gasteiger partial charge in [-0.2, -0.15) is 5.10 Å². The van der Waals surface area contributed by atoms with Crippen molar-refractivity contribution in [2.45, 2.75) is 37.6 Å². The van der Waals surface area contributed by atoms with Gasteiger partial charge in [-0.3, -0.25) is 4.79 Å². The van der Waals surface area contributed by atoms with Crippen LogP contribution in [0.1, 0.15) is 37.7 Å². The lowest BCUT2D eigenvalue weighted by atomic mass is 9.82. The van der Waals surface area contributed by atoms with Crippen molar-refractivity contribution in [2.24, 2.45) is 5.10 Å². The lowest BCUT2D eigenvalue weighted by molar-refractivity contribution is -0.132. The van der Waals surface area contributed by atoms with Crippen molar-refractivity contribution in [3.63, 3.8) is 0 Å². The summed E-state index contributed by atoms with van der Waals surface area (Å²) in [7, 11) is 0. The smallest absolute Gasteiger partial charge is 0.321 e. The maximum absolute atomic E-state index is 12.5. The number of rotatable bonds is 2.